The van der Waals surface area contributed by atoms with Crippen LogP contribution in [-0.4, -0.2) is 27.9 Å². The van der Waals surface area contributed by atoms with E-state index in [-0.39, 0.29) is 22.4 Å². The molecule has 1 unspecified atom stereocenters. The van der Waals surface area contributed by atoms with Crippen LogP contribution in [0.5, 0.6) is 0 Å². The van der Waals surface area contributed by atoms with Crippen LogP contribution in [-0.2, 0) is 0 Å². The first-order valence-electron chi connectivity index (χ1n) is 6.47. The van der Waals surface area contributed by atoms with Crippen molar-refractivity contribution >= 4 is 28.2 Å². The minimum absolute atomic E-state index is 0.152. The highest BCUT2D eigenvalue weighted by Gasteiger charge is 2.20. The molecule has 1 aromatic heterocycles. The maximum absolute atomic E-state index is 11.4. The van der Waals surface area contributed by atoms with Gasteiger partial charge in [0.2, 0.25) is 0 Å². The monoisotopic (exact) mass is 284 g/mol. The van der Waals surface area contributed by atoms with Gasteiger partial charge in [0, 0.05) is 13.0 Å². The maximum atomic E-state index is 11.4. The summed E-state index contributed by atoms with van der Waals surface area (Å²) in [5.74, 6) is -1.42. The van der Waals surface area contributed by atoms with Gasteiger partial charge >= 0.3 is 5.97 Å². The molecule has 0 bridgehead atoms. The second-order valence-electron chi connectivity index (χ2n) is 4.60. The molecule has 0 aromatic carbocycles. The first-order valence-corrected chi connectivity index (χ1v) is 7.29. The zero-order valence-corrected chi connectivity index (χ0v) is 12.3. The van der Waals surface area contributed by atoms with Gasteiger partial charge in [-0.15, -0.1) is 0 Å². The fourth-order valence-corrected chi connectivity index (χ4v) is 2.71. The lowest BCUT2D eigenvalue weighted by atomic mass is 10.1. The predicted molar refractivity (Wildman–Crippen MR) is 76.3 cm³/mol. The first-order chi connectivity index (χ1) is 8.95. The second kappa shape index (κ2) is 7.23. The normalized spacial score (nSPS) is 12.2. The van der Waals surface area contributed by atoms with E-state index in [0.29, 0.717) is 5.13 Å². The van der Waals surface area contributed by atoms with Crippen molar-refractivity contribution in [1.82, 2.24) is 4.98 Å². The Kier molecular flexibility index (Phi) is 5.95. The molecule has 2 N–H and O–H groups in total. The van der Waals surface area contributed by atoms with Crippen LogP contribution in [0.1, 0.15) is 66.6 Å². The van der Waals surface area contributed by atoms with E-state index in [1.165, 1.54) is 19.8 Å². The minimum atomic E-state index is -1.16. The summed E-state index contributed by atoms with van der Waals surface area (Å²) >= 11 is 1.11. The zero-order chi connectivity index (χ0) is 14.4. The molecule has 1 heterocycles. The van der Waals surface area contributed by atoms with E-state index in [9.17, 15) is 9.59 Å². The minimum Gasteiger partial charge on any atom is -0.476 e. The van der Waals surface area contributed by atoms with Gasteiger partial charge in [-0.05, 0) is 13.3 Å². The number of nitrogens with one attached hydrogen (secondary N) is 1. The average Bonchev–Trinajstić information content (AvgIpc) is 2.73. The number of carboxylic acid groups (broad SMARTS) is 1. The summed E-state index contributed by atoms with van der Waals surface area (Å²) in [6.07, 6.45) is 4.48. The summed E-state index contributed by atoms with van der Waals surface area (Å²) < 4.78 is 0. The Bertz CT molecular complexity index is 425. The van der Waals surface area contributed by atoms with E-state index in [1.807, 2.05) is 6.92 Å². The fourth-order valence-electron chi connectivity index (χ4n) is 1.75. The molecule has 0 radical (unpaired) electrons. The van der Waals surface area contributed by atoms with Gasteiger partial charge in [-0.1, -0.05) is 37.5 Å². The molecule has 1 aromatic rings. The SMILES string of the molecule is CCCCCC(C)Nc1nc(C(=O)O)c(C(C)=O)s1. The van der Waals surface area contributed by atoms with Gasteiger partial charge in [-0.25, -0.2) is 9.78 Å². The second-order valence-corrected chi connectivity index (χ2v) is 5.60. The van der Waals surface area contributed by atoms with Crippen molar-refractivity contribution in [1.29, 1.82) is 0 Å². The van der Waals surface area contributed by atoms with Gasteiger partial charge < -0.3 is 10.4 Å². The molecule has 0 fully saturated rings. The van der Waals surface area contributed by atoms with Crippen molar-refractivity contribution in [2.45, 2.75) is 52.5 Å². The fraction of sp³-hybridized carbons (Fsp3) is 0.615. The van der Waals surface area contributed by atoms with Gasteiger partial charge in [-0.3, -0.25) is 4.79 Å². The van der Waals surface area contributed by atoms with Crippen LogP contribution < -0.4 is 5.32 Å². The lowest BCUT2D eigenvalue weighted by Crippen LogP contribution is -2.14. The Balaban J connectivity index is 2.71. The lowest BCUT2D eigenvalue weighted by Gasteiger charge is -2.11. The van der Waals surface area contributed by atoms with Crippen LogP contribution in [0.15, 0.2) is 0 Å². The van der Waals surface area contributed by atoms with Crippen molar-refractivity contribution in [2.75, 3.05) is 5.32 Å². The summed E-state index contributed by atoms with van der Waals surface area (Å²) in [5, 5.41) is 12.7. The molecule has 0 saturated carbocycles. The number of anilines is 1. The largest absolute Gasteiger partial charge is 0.476 e. The summed E-state index contributed by atoms with van der Waals surface area (Å²) in [6.45, 7) is 5.54. The Morgan fingerprint density at radius 3 is 2.58 bits per heavy atom. The standard InChI is InChI=1S/C13H20N2O3S/c1-4-5-6-7-8(2)14-13-15-10(12(17)18)11(19-13)9(3)16/h8H,4-7H2,1-3H3,(H,14,15)(H,17,18). The Hall–Kier alpha value is -1.43. The number of carbonyl (C=O) groups is 2. The number of aromatic nitrogens is 1. The molecule has 1 atom stereocenters. The molecule has 0 spiro atoms. The molecule has 0 aliphatic rings. The molecule has 19 heavy (non-hydrogen) atoms. The summed E-state index contributed by atoms with van der Waals surface area (Å²) in [4.78, 5) is 26.6. The van der Waals surface area contributed by atoms with Crippen molar-refractivity contribution in [3.63, 3.8) is 0 Å². The molecule has 0 amide bonds. The van der Waals surface area contributed by atoms with Gasteiger partial charge in [0.05, 0.1) is 0 Å². The highest BCUT2D eigenvalue weighted by molar-refractivity contribution is 7.17. The quantitative estimate of drug-likeness (QED) is 0.565. The van der Waals surface area contributed by atoms with E-state index in [0.717, 1.165) is 24.2 Å². The van der Waals surface area contributed by atoms with Crippen LogP contribution >= 0.6 is 11.3 Å². The molecule has 5 nitrogen and oxygen atoms in total. The number of hydrogen-bond acceptors (Lipinski definition) is 5. The van der Waals surface area contributed by atoms with Crippen LogP contribution in [0.3, 0.4) is 0 Å². The van der Waals surface area contributed by atoms with Crippen molar-refractivity contribution in [3.05, 3.63) is 10.6 Å². The smallest absolute Gasteiger partial charge is 0.356 e. The topological polar surface area (TPSA) is 79.3 Å². The molecule has 6 heteroatoms. The first kappa shape index (κ1) is 15.6. The number of thiazole rings is 1. The number of carbonyl (C=O) groups excluding carboxylic acids is 1. The molecular weight excluding hydrogens is 264 g/mol. The number of rotatable bonds is 8. The highest BCUT2D eigenvalue weighted by Crippen LogP contribution is 2.24. The number of Topliss-reactive ketones (excluding diaryl/α,β-unsaturated/α-hetero) is 1. The van der Waals surface area contributed by atoms with Crippen LogP contribution in [0.4, 0.5) is 5.13 Å². The van der Waals surface area contributed by atoms with Crippen molar-refractivity contribution in [3.8, 4) is 0 Å². The number of nitrogens with zero attached hydrogens (tertiary/aromatic N) is 1. The van der Waals surface area contributed by atoms with E-state index in [1.54, 1.807) is 0 Å². The van der Waals surface area contributed by atoms with Crippen LogP contribution in [0.25, 0.3) is 0 Å². The van der Waals surface area contributed by atoms with E-state index >= 15 is 0 Å². The molecule has 0 aliphatic carbocycles. The lowest BCUT2D eigenvalue weighted by molar-refractivity contribution is 0.0687. The Labute approximate surface area is 117 Å². The number of carboxylic acids is 1. The van der Waals surface area contributed by atoms with Gasteiger partial charge in [0.15, 0.2) is 16.6 Å². The number of ketones is 1. The number of unbranched alkanes of at least 4 members (excludes halogenated alkanes) is 2. The van der Waals surface area contributed by atoms with E-state index in [2.05, 4.69) is 17.2 Å². The predicted octanol–water partition coefficient (Wildman–Crippen LogP) is 3.42. The molecule has 106 valence electrons. The van der Waals surface area contributed by atoms with Gasteiger partial charge in [0.25, 0.3) is 0 Å². The van der Waals surface area contributed by atoms with Crippen LogP contribution in [0, 0.1) is 0 Å². The van der Waals surface area contributed by atoms with Crippen LogP contribution in [0.2, 0.25) is 0 Å². The summed E-state index contributed by atoms with van der Waals surface area (Å²) in [6, 6.07) is 0.221. The Morgan fingerprint density at radius 1 is 1.42 bits per heavy atom. The average molecular weight is 284 g/mol. The summed E-state index contributed by atoms with van der Waals surface area (Å²) in [7, 11) is 0. The van der Waals surface area contributed by atoms with Crippen molar-refractivity contribution < 1.29 is 14.7 Å². The van der Waals surface area contributed by atoms with Gasteiger partial charge in [0.1, 0.15) is 4.88 Å². The Morgan fingerprint density at radius 2 is 2.11 bits per heavy atom. The molecule has 0 saturated heterocycles. The third-order valence-corrected chi connectivity index (χ3v) is 3.85. The number of hydrogen-bond donors (Lipinski definition) is 2. The van der Waals surface area contributed by atoms with Crippen molar-refractivity contribution in [2.24, 2.45) is 0 Å². The highest BCUT2D eigenvalue weighted by atomic mass is 32.1. The van der Waals surface area contributed by atoms with Gasteiger partial charge in [-0.2, -0.15) is 0 Å². The molecular formula is C13H20N2O3S. The van der Waals surface area contributed by atoms with E-state index in [4.69, 9.17) is 5.11 Å². The number of aromatic carboxylic acids is 1. The molecule has 0 aliphatic heterocycles. The molecule has 1 rings (SSSR count). The third-order valence-electron chi connectivity index (χ3n) is 2.76. The third kappa shape index (κ3) is 4.63. The zero-order valence-electron chi connectivity index (χ0n) is 11.5. The maximum Gasteiger partial charge on any atom is 0.356 e. The van der Waals surface area contributed by atoms with E-state index < -0.39 is 5.97 Å². The summed E-state index contributed by atoms with van der Waals surface area (Å²) in [5.41, 5.74) is -0.152.